The highest BCUT2D eigenvalue weighted by Crippen LogP contribution is 2.24. The number of rotatable bonds is 10. The first kappa shape index (κ1) is 22.5. The second kappa shape index (κ2) is 10.2. The van der Waals surface area contributed by atoms with Crippen LogP contribution in [0.1, 0.15) is 19.4 Å². The largest absolute Gasteiger partial charge is 0.494 e. The molecule has 2 aromatic rings. The second-order valence-electron chi connectivity index (χ2n) is 6.57. The number of nitrogens with zero attached hydrogens (tertiary/aromatic N) is 1. The fourth-order valence-electron chi connectivity index (χ4n) is 2.87. The van der Waals surface area contributed by atoms with Gasteiger partial charge in [-0.15, -0.1) is 0 Å². The summed E-state index contributed by atoms with van der Waals surface area (Å²) in [7, 11) is -3.67. The molecule has 0 aliphatic rings. The zero-order valence-corrected chi connectivity index (χ0v) is 18.0. The highest BCUT2D eigenvalue weighted by Gasteiger charge is 2.28. The van der Waals surface area contributed by atoms with Gasteiger partial charge in [-0.2, -0.15) is 0 Å². The van der Waals surface area contributed by atoms with Gasteiger partial charge in [-0.25, -0.2) is 8.42 Å². The molecule has 1 amide bonds. The molecule has 1 N–H and O–H groups in total. The van der Waals surface area contributed by atoms with Gasteiger partial charge in [0.25, 0.3) is 0 Å². The van der Waals surface area contributed by atoms with Gasteiger partial charge >= 0.3 is 0 Å². The molecular weight excluding hydrogens is 392 g/mol. The van der Waals surface area contributed by atoms with Crippen molar-refractivity contribution in [2.45, 2.75) is 26.8 Å². The molecule has 0 radical (unpaired) electrons. The predicted molar refractivity (Wildman–Crippen MR) is 114 cm³/mol. The first-order valence-corrected chi connectivity index (χ1v) is 11.3. The topological polar surface area (TPSA) is 84.9 Å². The molecule has 0 fully saturated rings. The molecule has 0 spiro atoms. The van der Waals surface area contributed by atoms with Crippen molar-refractivity contribution in [3.63, 3.8) is 0 Å². The van der Waals surface area contributed by atoms with E-state index in [1.165, 1.54) is 0 Å². The van der Waals surface area contributed by atoms with Crippen LogP contribution >= 0.6 is 0 Å². The van der Waals surface area contributed by atoms with Crippen LogP contribution in [-0.4, -0.2) is 46.4 Å². The van der Waals surface area contributed by atoms with Crippen LogP contribution in [0.5, 0.6) is 11.5 Å². The Labute approximate surface area is 172 Å². The zero-order valence-electron chi connectivity index (χ0n) is 17.2. The third-order valence-corrected chi connectivity index (χ3v) is 5.48. The van der Waals surface area contributed by atoms with E-state index in [9.17, 15) is 13.2 Å². The van der Waals surface area contributed by atoms with Crippen LogP contribution < -0.4 is 19.1 Å². The van der Waals surface area contributed by atoms with Gasteiger partial charge < -0.3 is 14.8 Å². The van der Waals surface area contributed by atoms with Gasteiger partial charge in [0.15, 0.2) is 0 Å². The summed E-state index contributed by atoms with van der Waals surface area (Å²) in [5, 5.41) is 2.73. The first-order valence-electron chi connectivity index (χ1n) is 9.42. The van der Waals surface area contributed by atoms with E-state index in [0.29, 0.717) is 18.0 Å². The molecule has 0 saturated carbocycles. The Kier molecular flexibility index (Phi) is 7.90. The number of carbonyl (C=O) groups excluding carboxylic acids is 1. The minimum absolute atomic E-state index is 0.262. The van der Waals surface area contributed by atoms with Crippen molar-refractivity contribution in [1.29, 1.82) is 0 Å². The van der Waals surface area contributed by atoms with Crippen LogP contribution in [0.15, 0.2) is 48.5 Å². The lowest BCUT2D eigenvalue weighted by Crippen LogP contribution is -2.48. The maximum Gasteiger partial charge on any atom is 0.243 e. The van der Waals surface area contributed by atoms with Gasteiger partial charge in [0.05, 0.1) is 25.1 Å². The normalized spacial score (nSPS) is 12.1. The molecule has 0 heterocycles. The third kappa shape index (κ3) is 6.39. The lowest BCUT2D eigenvalue weighted by atomic mass is 10.2. The van der Waals surface area contributed by atoms with Crippen LogP contribution in [0.3, 0.4) is 0 Å². The van der Waals surface area contributed by atoms with Gasteiger partial charge in [-0.1, -0.05) is 18.2 Å². The van der Waals surface area contributed by atoms with Crippen LogP contribution in [-0.2, 0) is 14.8 Å². The standard InChI is InChI=1S/C21H28N2O5S/c1-5-27-19-12-10-18(11-13-19)23(29(4,25)26)17(3)21(24)22-14-15-28-20-9-7-6-8-16(20)2/h6-13,17H,5,14-15H2,1-4H3,(H,22,24)/t17-/m1/s1. The quantitative estimate of drug-likeness (QED) is 0.598. The molecule has 0 aromatic heterocycles. The third-order valence-electron chi connectivity index (χ3n) is 4.24. The van der Waals surface area contributed by atoms with Crippen LogP contribution in [0.25, 0.3) is 0 Å². The Hall–Kier alpha value is -2.74. The van der Waals surface area contributed by atoms with Crippen molar-refractivity contribution in [2.75, 3.05) is 30.3 Å². The fraction of sp³-hybridized carbons (Fsp3) is 0.381. The summed E-state index contributed by atoms with van der Waals surface area (Å²) >= 11 is 0. The van der Waals surface area contributed by atoms with Gasteiger partial charge in [-0.3, -0.25) is 9.10 Å². The molecule has 0 unspecified atom stereocenters. The molecule has 1 atom stereocenters. The summed E-state index contributed by atoms with van der Waals surface area (Å²) < 4.78 is 36.8. The van der Waals surface area contributed by atoms with E-state index in [1.54, 1.807) is 31.2 Å². The minimum atomic E-state index is -3.67. The van der Waals surface area contributed by atoms with E-state index in [4.69, 9.17) is 9.47 Å². The average molecular weight is 421 g/mol. The molecule has 7 nitrogen and oxygen atoms in total. The summed E-state index contributed by atoms with van der Waals surface area (Å²) in [4.78, 5) is 12.6. The van der Waals surface area contributed by atoms with Crippen molar-refractivity contribution >= 4 is 21.6 Å². The number of anilines is 1. The van der Waals surface area contributed by atoms with Crippen molar-refractivity contribution < 1.29 is 22.7 Å². The fourth-order valence-corrected chi connectivity index (χ4v) is 4.04. The molecule has 2 rings (SSSR count). The summed E-state index contributed by atoms with van der Waals surface area (Å²) in [5.74, 6) is 0.981. The van der Waals surface area contributed by atoms with E-state index >= 15 is 0 Å². The Bertz CT molecular complexity index is 913. The number of aryl methyl sites for hydroxylation is 1. The molecule has 158 valence electrons. The van der Waals surface area contributed by atoms with E-state index < -0.39 is 22.0 Å². The molecule has 0 aliphatic heterocycles. The molecule has 0 aliphatic carbocycles. The maximum absolute atomic E-state index is 12.6. The van der Waals surface area contributed by atoms with E-state index in [2.05, 4.69) is 5.32 Å². The van der Waals surface area contributed by atoms with Crippen LogP contribution in [0.2, 0.25) is 0 Å². The minimum Gasteiger partial charge on any atom is -0.494 e. The van der Waals surface area contributed by atoms with Crippen molar-refractivity contribution in [1.82, 2.24) is 5.32 Å². The number of nitrogens with one attached hydrogen (secondary N) is 1. The number of para-hydroxylation sites is 1. The number of ether oxygens (including phenoxy) is 2. The Morgan fingerprint density at radius 1 is 1.10 bits per heavy atom. The van der Waals surface area contributed by atoms with E-state index in [0.717, 1.165) is 21.9 Å². The Morgan fingerprint density at radius 2 is 1.76 bits per heavy atom. The van der Waals surface area contributed by atoms with Crippen molar-refractivity contribution in [3.8, 4) is 11.5 Å². The van der Waals surface area contributed by atoms with Gasteiger partial charge in [0.2, 0.25) is 15.9 Å². The zero-order chi connectivity index (χ0) is 21.4. The summed E-state index contributed by atoms with van der Waals surface area (Å²) in [6.45, 7) is 6.42. The smallest absolute Gasteiger partial charge is 0.243 e. The summed E-state index contributed by atoms with van der Waals surface area (Å²) in [6.07, 6.45) is 1.08. The number of hydrogen-bond donors (Lipinski definition) is 1. The number of sulfonamides is 1. The molecular formula is C21H28N2O5S. The average Bonchev–Trinajstić information content (AvgIpc) is 2.67. The van der Waals surface area contributed by atoms with Crippen molar-refractivity contribution in [3.05, 3.63) is 54.1 Å². The SMILES string of the molecule is CCOc1ccc(N([C@H](C)C(=O)NCCOc2ccccc2C)S(C)(=O)=O)cc1. The number of hydrogen-bond acceptors (Lipinski definition) is 5. The van der Waals surface area contributed by atoms with E-state index in [-0.39, 0.29) is 13.2 Å². The Morgan fingerprint density at radius 3 is 2.34 bits per heavy atom. The van der Waals surface area contributed by atoms with Gasteiger partial charge in [0.1, 0.15) is 24.1 Å². The molecule has 8 heteroatoms. The summed E-state index contributed by atoms with van der Waals surface area (Å²) in [6, 6.07) is 13.3. The second-order valence-corrected chi connectivity index (χ2v) is 8.43. The van der Waals surface area contributed by atoms with Gasteiger partial charge in [0, 0.05) is 0 Å². The Balaban J connectivity index is 2.00. The molecule has 0 saturated heterocycles. The number of carbonyl (C=O) groups is 1. The number of amides is 1. The van der Waals surface area contributed by atoms with Gasteiger partial charge in [-0.05, 0) is 56.7 Å². The maximum atomic E-state index is 12.6. The summed E-state index contributed by atoms with van der Waals surface area (Å²) in [5.41, 5.74) is 1.40. The van der Waals surface area contributed by atoms with Crippen molar-refractivity contribution in [2.24, 2.45) is 0 Å². The molecule has 2 aromatic carbocycles. The first-order chi connectivity index (χ1) is 13.7. The molecule has 29 heavy (non-hydrogen) atoms. The molecule has 0 bridgehead atoms. The number of benzene rings is 2. The van der Waals surface area contributed by atoms with E-state index in [1.807, 2.05) is 38.1 Å². The highest BCUT2D eigenvalue weighted by molar-refractivity contribution is 7.92. The highest BCUT2D eigenvalue weighted by atomic mass is 32.2. The monoisotopic (exact) mass is 420 g/mol. The van der Waals surface area contributed by atoms with Crippen LogP contribution in [0.4, 0.5) is 5.69 Å². The predicted octanol–water partition coefficient (Wildman–Crippen LogP) is 2.74. The lowest BCUT2D eigenvalue weighted by molar-refractivity contribution is -0.121. The van der Waals surface area contributed by atoms with Crippen LogP contribution in [0, 0.1) is 6.92 Å². The lowest BCUT2D eigenvalue weighted by Gasteiger charge is -2.28.